The first-order chi connectivity index (χ1) is 9.19. The predicted octanol–water partition coefficient (Wildman–Crippen LogP) is 1.75. The lowest BCUT2D eigenvalue weighted by atomic mass is 9.93. The number of urea groups is 1. The molecule has 0 bridgehead atoms. The third kappa shape index (κ3) is 3.98. The fourth-order valence-electron chi connectivity index (χ4n) is 1.83. The molecule has 5 heteroatoms. The summed E-state index contributed by atoms with van der Waals surface area (Å²) in [6.45, 7) is 0.988. The molecule has 2 rings (SSSR count). The van der Waals surface area contributed by atoms with E-state index in [2.05, 4.69) is 17.2 Å². The van der Waals surface area contributed by atoms with Crippen LogP contribution < -0.4 is 11.1 Å². The number of nitrogens with zero attached hydrogens (tertiary/aromatic N) is 1. The molecule has 0 radical (unpaired) electrons. The monoisotopic (exact) mass is 277 g/mol. The molecule has 3 N–H and O–H groups in total. The second-order valence-corrected chi connectivity index (χ2v) is 5.74. The van der Waals surface area contributed by atoms with Gasteiger partial charge in [-0.2, -0.15) is 0 Å². The lowest BCUT2D eigenvalue weighted by molar-refractivity contribution is 0.195. The fourth-order valence-corrected chi connectivity index (χ4v) is 2.69. The SMILES string of the molecule is CN(Cc1cc(C#CCN)cs1)C(=O)NC1CCC1. The molecule has 4 nitrogen and oxygen atoms in total. The summed E-state index contributed by atoms with van der Waals surface area (Å²) in [5, 5.41) is 5.02. The number of hydrogen-bond donors (Lipinski definition) is 2. The van der Waals surface area contributed by atoms with Crippen LogP contribution in [0.25, 0.3) is 0 Å². The maximum absolute atomic E-state index is 11.9. The van der Waals surface area contributed by atoms with Crippen LogP contribution in [0.4, 0.5) is 4.79 Å². The van der Waals surface area contributed by atoms with Crippen LogP contribution in [-0.4, -0.2) is 30.6 Å². The third-order valence-electron chi connectivity index (χ3n) is 3.16. The number of nitrogens with two attached hydrogens (primary N) is 1. The van der Waals surface area contributed by atoms with Crippen molar-refractivity contribution in [3.05, 3.63) is 21.9 Å². The molecule has 2 amide bonds. The van der Waals surface area contributed by atoms with Crippen LogP contribution >= 0.6 is 11.3 Å². The average Bonchev–Trinajstić information content (AvgIpc) is 2.78. The molecule has 0 saturated heterocycles. The molecular formula is C14H19N3OS. The predicted molar refractivity (Wildman–Crippen MR) is 77.9 cm³/mol. The topological polar surface area (TPSA) is 58.4 Å². The van der Waals surface area contributed by atoms with Crippen LogP contribution in [0.5, 0.6) is 0 Å². The molecule has 1 saturated carbocycles. The van der Waals surface area contributed by atoms with E-state index in [4.69, 9.17) is 5.73 Å². The minimum absolute atomic E-state index is 0.00712. The number of carbonyl (C=O) groups excluding carboxylic acids is 1. The molecule has 1 aliphatic carbocycles. The highest BCUT2D eigenvalue weighted by Gasteiger charge is 2.21. The Morgan fingerprint density at radius 3 is 3.05 bits per heavy atom. The Bertz CT molecular complexity index is 496. The molecule has 1 aromatic heterocycles. The Hall–Kier alpha value is -1.51. The summed E-state index contributed by atoms with van der Waals surface area (Å²) in [5.41, 5.74) is 6.31. The van der Waals surface area contributed by atoms with Gasteiger partial charge in [0.05, 0.1) is 13.1 Å². The van der Waals surface area contributed by atoms with Crippen molar-refractivity contribution in [2.24, 2.45) is 5.73 Å². The van der Waals surface area contributed by atoms with Crippen LogP contribution in [-0.2, 0) is 6.54 Å². The number of thiophene rings is 1. The number of amides is 2. The molecule has 1 aromatic rings. The Morgan fingerprint density at radius 1 is 1.63 bits per heavy atom. The van der Waals surface area contributed by atoms with Crippen molar-refractivity contribution in [1.29, 1.82) is 0 Å². The van der Waals surface area contributed by atoms with Crippen LogP contribution in [0.3, 0.4) is 0 Å². The van der Waals surface area contributed by atoms with Crippen molar-refractivity contribution in [2.75, 3.05) is 13.6 Å². The van der Waals surface area contributed by atoms with E-state index in [0.29, 0.717) is 19.1 Å². The molecule has 0 aromatic carbocycles. The van der Waals surface area contributed by atoms with Gasteiger partial charge in [-0.05, 0) is 25.3 Å². The van der Waals surface area contributed by atoms with Gasteiger partial charge in [0.25, 0.3) is 0 Å². The van der Waals surface area contributed by atoms with Crippen LogP contribution in [0.1, 0.15) is 29.7 Å². The van der Waals surface area contributed by atoms with E-state index in [1.165, 1.54) is 6.42 Å². The number of hydrogen-bond acceptors (Lipinski definition) is 3. The summed E-state index contributed by atoms with van der Waals surface area (Å²) >= 11 is 1.62. The standard InChI is InChI=1S/C14H19N3OS/c1-17(14(18)16-12-5-2-6-12)9-13-8-11(10-19-13)4-3-7-15/h8,10,12H,2,5-7,9,15H2,1H3,(H,16,18). The first-order valence-corrected chi connectivity index (χ1v) is 7.35. The second kappa shape index (κ2) is 6.60. The largest absolute Gasteiger partial charge is 0.335 e. The fraction of sp³-hybridized carbons (Fsp3) is 0.500. The van der Waals surface area contributed by atoms with Gasteiger partial charge in [-0.1, -0.05) is 11.8 Å². The minimum atomic E-state index is 0.00712. The van der Waals surface area contributed by atoms with Gasteiger partial charge in [-0.25, -0.2) is 4.79 Å². The first-order valence-electron chi connectivity index (χ1n) is 6.47. The molecule has 1 fully saturated rings. The van der Waals surface area contributed by atoms with Crippen molar-refractivity contribution in [2.45, 2.75) is 31.8 Å². The third-order valence-corrected chi connectivity index (χ3v) is 4.08. The quantitative estimate of drug-likeness (QED) is 0.827. The highest BCUT2D eigenvalue weighted by molar-refractivity contribution is 7.10. The van der Waals surface area contributed by atoms with Gasteiger partial charge < -0.3 is 16.0 Å². The molecule has 102 valence electrons. The van der Waals surface area contributed by atoms with Gasteiger partial charge in [-0.3, -0.25) is 0 Å². The van der Waals surface area contributed by atoms with E-state index < -0.39 is 0 Å². The average molecular weight is 277 g/mol. The highest BCUT2D eigenvalue weighted by atomic mass is 32.1. The Balaban J connectivity index is 1.85. The molecule has 1 aliphatic rings. The Kier molecular flexibility index (Phi) is 4.83. The van der Waals surface area contributed by atoms with E-state index >= 15 is 0 Å². The van der Waals surface area contributed by atoms with Gasteiger partial charge in [-0.15, -0.1) is 11.3 Å². The lowest BCUT2D eigenvalue weighted by Crippen LogP contribution is -2.45. The molecule has 0 spiro atoms. The van der Waals surface area contributed by atoms with E-state index in [-0.39, 0.29) is 6.03 Å². The Morgan fingerprint density at radius 2 is 2.42 bits per heavy atom. The summed E-state index contributed by atoms with van der Waals surface area (Å²) in [6.07, 6.45) is 3.44. The maximum Gasteiger partial charge on any atom is 0.317 e. The first kappa shape index (κ1) is 13.9. The zero-order valence-corrected chi connectivity index (χ0v) is 11.9. The summed E-state index contributed by atoms with van der Waals surface area (Å²) in [6, 6.07) is 2.40. The molecule has 19 heavy (non-hydrogen) atoms. The highest BCUT2D eigenvalue weighted by Crippen LogP contribution is 2.19. The van der Waals surface area contributed by atoms with Crippen molar-refractivity contribution in [3.8, 4) is 11.8 Å². The van der Waals surface area contributed by atoms with Gasteiger partial charge in [0, 0.05) is 28.9 Å². The number of carbonyl (C=O) groups is 1. The van der Waals surface area contributed by atoms with Crippen molar-refractivity contribution in [1.82, 2.24) is 10.2 Å². The minimum Gasteiger partial charge on any atom is -0.335 e. The molecule has 0 atom stereocenters. The molecule has 0 unspecified atom stereocenters. The molecular weight excluding hydrogens is 258 g/mol. The van der Waals surface area contributed by atoms with E-state index in [1.807, 2.05) is 18.5 Å². The van der Waals surface area contributed by atoms with Gasteiger partial charge >= 0.3 is 6.03 Å². The normalized spacial score (nSPS) is 14.2. The van der Waals surface area contributed by atoms with Crippen molar-refractivity contribution < 1.29 is 4.79 Å². The van der Waals surface area contributed by atoms with Gasteiger partial charge in [0.15, 0.2) is 0 Å². The number of rotatable bonds is 3. The summed E-state index contributed by atoms with van der Waals surface area (Å²) in [4.78, 5) is 14.7. The van der Waals surface area contributed by atoms with Crippen LogP contribution in [0.15, 0.2) is 11.4 Å². The summed E-state index contributed by atoms with van der Waals surface area (Å²) in [5.74, 6) is 5.82. The van der Waals surface area contributed by atoms with Crippen molar-refractivity contribution in [3.63, 3.8) is 0 Å². The van der Waals surface area contributed by atoms with Gasteiger partial charge in [0.2, 0.25) is 0 Å². The number of nitrogens with one attached hydrogen (secondary N) is 1. The maximum atomic E-state index is 11.9. The summed E-state index contributed by atoms with van der Waals surface area (Å²) < 4.78 is 0. The van der Waals surface area contributed by atoms with Crippen LogP contribution in [0, 0.1) is 11.8 Å². The second-order valence-electron chi connectivity index (χ2n) is 4.74. The van der Waals surface area contributed by atoms with E-state index in [9.17, 15) is 4.79 Å². The van der Waals surface area contributed by atoms with Gasteiger partial charge in [0.1, 0.15) is 0 Å². The lowest BCUT2D eigenvalue weighted by Gasteiger charge is -2.28. The van der Waals surface area contributed by atoms with E-state index in [1.54, 1.807) is 16.2 Å². The van der Waals surface area contributed by atoms with Crippen LogP contribution in [0.2, 0.25) is 0 Å². The zero-order chi connectivity index (χ0) is 13.7. The smallest absolute Gasteiger partial charge is 0.317 e. The van der Waals surface area contributed by atoms with E-state index in [0.717, 1.165) is 23.3 Å². The zero-order valence-electron chi connectivity index (χ0n) is 11.1. The molecule has 1 heterocycles. The van der Waals surface area contributed by atoms with Crippen molar-refractivity contribution >= 4 is 17.4 Å². The summed E-state index contributed by atoms with van der Waals surface area (Å²) in [7, 11) is 1.82. The molecule has 0 aliphatic heterocycles. The Labute approximate surface area is 118 Å².